The van der Waals surface area contributed by atoms with Gasteiger partial charge in [-0.3, -0.25) is 14.5 Å². The summed E-state index contributed by atoms with van der Waals surface area (Å²) in [7, 11) is 1.64. The molecule has 0 radical (unpaired) electrons. The highest BCUT2D eigenvalue weighted by Gasteiger charge is 2.39. The molecule has 6 nitrogen and oxygen atoms in total. The van der Waals surface area contributed by atoms with Crippen molar-refractivity contribution in [1.82, 2.24) is 4.90 Å². The highest BCUT2D eigenvalue weighted by atomic mass is 127. The average Bonchev–Trinajstić information content (AvgIpc) is 3.22. The molecule has 1 heterocycles. The summed E-state index contributed by atoms with van der Waals surface area (Å²) in [5, 5.41) is 5.09. The van der Waals surface area contributed by atoms with Gasteiger partial charge in [-0.2, -0.15) is 0 Å². The van der Waals surface area contributed by atoms with Crippen LogP contribution in [0.1, 0.15) is 12.0 Å². The standard InChI is InChI=1S/C30H26IN3O3S/c1-37-24-15-9-20(10-16-24)17-18-34-29(36)27(19-28(35)32-23-13-11-22(31)12-14-23)38-30(34)33-26-8-4-6-21-5-2-3-7-25(21)26/h2-16,27H,17-19H2,1H3,(H,32,35)/t27-/m1/s1. The van der Waals surface area contributed by atoms with Crippen LogP contribution in [0.15, 0.2) is 96.0 Å². The molecule has 1 N–H and O–H groups in total. The first-order valence-corrected chi connectivity index (χ1v) is 14.2. The van der Waals surface area contributed by atoms with Crippen LogP contribution in [0, 0.1) is 3.57 Å². The van der Waals surface area contributed by atoms with Crippen LogP contribution >= 0.6 is 34.4 Å². The molecule has 4 aromatic carbocycles. The minimum absolute atomic E-state index is 0.0725. The van der Waals surface area contributed by atoms with Gasteiger partial charge < -0.3 is 10.1 Å². The number of ether oxygens (including phenoxy) is 1. The third-order valence-electron chi connectivity index (χ3n) is 6.28. The number of hydrogen-bond acceptors (Lipinski definition) is 5. The zero-order chi connectivity index (χ0) is 26.5. The zero-order valence-corrected chi connectivity index (χ0v) is 23.7. The van der Waals surface area contributed by atoms with Gasteiger partial charge >= 0.3 is 0 Å². The number of anilines is 1. The molecule has 4 aromatic rings. The van der Waals surface area contributed by atoms with E-state index in [4.69, 9.17) is 9.73 Å². The molecule has 38 heavy (non-hydrogen) atoms. The number of carbonyl (C=O) groups is 2. The van der Waals surface area contributed by atoms with E-state index < -0.39 is 5.25 Å². The van der Waals surface area contributed by atoms with Crippen LogP contribution in [0.3, 0.4) is 0 Å². The fourth-order valence-corrected chi connectivity index (χ4v) is 5.82. The number of hydrogen-bond donors (Lipinski definition) is 1. The number of amides is 2. The maximum Gasteiger partial charge on any atom is 0.242 e. The maximum atomic E-state index is 13.5. The lowest BCUT2D eigenvalue weighted by Gasteiger charge is -2.17. The Morgan fingerprint density at radius 3 is 2.50 bits per heavy atom. The predicted octanol–water partition coefficient (Wildman–Crippen LogP) is 6.66. The molecule has 2 amide bonds. The van der Waals surface area contributed by atoms with Gasteiger partial charge in [0.2, 0.25) is 11.8 Å². The summed E-state index contributed by atoms with van der Waals surface area (Å²) < 4.78 is 6.34. The quantitative estimate of drug-likeness (QED) is 0.220. The van der Waals surface area contributed by atoms with Crippen molar-refractivity contribution < 1.29 is 14.3 Å². The van der Waals surface area contributed by atoms with Crippen LogP contribution in [-0.4, -0.2) is 40.8 Å². The van der Waals surface area contributed by atoms with Crippen LogP contribution in [0.2, 0.25) is 0 Å². The van der Waals surface area contributed by atoms with E-state index in [9.17, 15) is 9.59 Å². The molecular formula is C30H26IN3O3S. The number of aliphatic imine (C=N–C) groups is 1. The molecule has 1 fully saturated rings. The third-order valence-corrected chi connectivity index (χ3v) is 8.18. The van der Waals surface area contributed by atoms with Gasteiger partial charge in [0.15, 0.2) is 5.17 Å². The van der Waals surface area contributed by atoms with Gasteiger partial charge in [-0.05, 0) is 82.4 Å². The Morgan fingerprint density at radius 1 is 1.00 bits per heavy atom. The monoisotopic (exact) mass is 635 g/mol. The Bertz CT molecular complexity index is 1480. The summed E-state index contributed by atoms with van der Waals surface area (Å²) >= 11 is 3.58. The third kappa shape index (κ3) is 6.19. The van der Waals surface area contributed by atoms with Crippen LogP contribution in [0.5, 0.6) is 5.75 Å². The number of fused-ring (bicyclic) bond motifs is 1. The molecule has 0 bridgehead atoms. The number of amidine groups is 1. The Balaban J connectivity index is 1.38. The smallest absolute Gasteiger partial charge is 0.242 e. The van der Waals surface area contributed by atoms with Crippen molar-refractivity contribution >= 4 is 73.5 Å². The molecule has 0 unspecified atom stereocenters. The molecule has 0 spiro atoms. The Kier molecular flexibility index (Phi) is 8.29. The van der Waals surface area contributed by atoms with E-state index in [1.807, 2.05) is 91.0 Å². The molecule has 0 aliphatic carbocycles. The van der Waals surface area contributed by atoms with Crippen molar-refractivity contribution in [2.45, 2.75) is 18.1 Å². The number of halogens is 1. The number of thioether (sulfide) groups is 1. The van der Waals surface area contributed by atoms with Gasteiger partial charge in [-0.15, -0.1) is 0 Å². The van der Waals surface area contributed by atoms with Crippen LogP contribution in [-0.2, 0) is 16.0 Å². The van der Waals surface area contributed by atoms with Crippen molar-refractivity contribution in [2.75, 3.05) is 19.0 Å². The number of benzene rings is 4. The van der Waals surface area contributed by atoms with E-state index in [1.165, 1.54) is 11.8 Å². The fourth-order valence-electron chi connectivity index (χ4n) is 4.29. The molecule has 192 valence electrons. The molecule has 1 saturated heterocycles. The minimum Gasteiger partial charge on any atom is -0.497 e. The summed E-state index contributed by atoms with van der Waals surface area (Å²) in [5.74, 6) is 0.498. The summed E-state index contributed by atoms with van der Waals surface area (Å²) in [5.41, 5.74) is 2.61. The highest BCUT2D eigenvalue weighted by Crippen LogP contribution is 2.34. The number of methoxy groups -OCH3 is 1. The Hall–Kier alpha value is -3.37. The maximum absolute atomic E-state index is 13.5. The summed E-state index contributed by atoms with van der Waals surface area (Å²) in [6, 6.07) is 29.4. The van der Waals surface area contributed by atoms with Crippen LogP contribution in [0.4, 0.5) is 11.4 Å². The van der Waals surface area contributed by atoms with Gasteiger partial charge in [0, 0.05) is 27.6 Å². The number of rotatable bonds is 8. The van der Waals surface area contributed by atoms with Crippen molar-refractivity contribution in [3.8, 4) is 5.75 Å². The summed E-state index contributed by atoms with van der Waals surface area (Å²) in [6.45, 7) is 0.469. The lowest BCUT2D eigenvalue weighted by Crippen LogP contribution is -2.35. The van der Waals surface area contributed by atoms with E-state index in [0.717, 1.165) is 31.3 Å². The number of nitrogens with one attached hydrogen (secondary N) is 1. The first-order chi connectivity index (χ1) is 18.5. The molecule has 1 aliphatic rings. The van der Waals surface area contributed by atoms with E-state index in [0.29, 0.717) is 23.8 Å². The molecular weight excluding hydrogens is 609 g/mol. The van der Waals surface area contributed by atoms with Gasteiger partial charge in [-0.25, -0.2) is 4.99 Å². The normalized spacial score (nSPS) is 16.3. The van der Waals surface area contributed by atoms with Crippen molar-refractivity contribution in [3.05, 3.63) is 100 Å². The lowest BCUT2D eigenvalue weighted by molar-refractivity contribution is -0.128. The molecule has 0 saturated carbocycles. The number of carbonyl (C=O) groups excluding carboxylic acids is 2. The summed E-state index contributed by atoms with van der Waals surface area (Å²) in [6.07, 6.45) is 0.732. The molecule has 1 aliphatic heterocycles. The average molecular weight is 636 g/mol. The minimum atomic E-state index is -0.538. The molecule has 0 aromatic heterocycles. The van der Waals surface area contributed by atoms with Crippen molar-refractivity contribution in [3.63, 3.8) is 0 Å². The summed E-state index contributed by atoms with van der Waals surface area (Å²) in [4.78, 5) is 33.0. The molecule has 5 rings (SSSR count). The number of nitrogens with zero attached hydrogens (tertiary/aromatic N) is 2. The first kappa shape index (κ1) is 26.2. The predicted molar refractivity (Wildman–Crippen MR) is 163 cm³/mol. The van der Waals surface area contributed by atoms with Gasteiger partial charge in [-0.1, -0.05) is 60.3 Å². The van der Waals surface area contributed by atoms with E-state index in [2.05, 4.69) is 27.9 Å². The highest BCUT2D eigenvalue weighted by molar-refractivity contribution is 14.1. The van der Waals surface area contributed by atoms with Crippen molar-refractivity contribution in [2.24, 2.45) is 4.99 Å². The van der Waals surface area contributed by atoms with Gasteiger partial charge in [0.1, 0.15) is 11.0 Å². The second-order valence-corrected chi connectivity index (χ2v) is 11.3. The van der Waals surface area contributed by atoms with E-state index in [-0.39, 0.29) is 18.2 Å². The van der Waals surface area contributed by atoms with Gasteiger partial charge in [0.25, 0.3) is 0 Å². The molecule has 8 heteroatoms. The zero-order valence-electron chi connectivity index (χ0n) is 20.8. The topological polar surface area (TPSA) is 71.0 Å². The lowest BCUT2D eigenvalue weighted by atomic mass is 10.1. The van der Waals surface area contributed by atoms with E-state index in [1.54, 1.807) is 12.0 Å². The van der Waals surface area contributed by atoms with E-state index >= 15 is 0 Å². The SMILES string of the molecule is COc1ccc(CCN2C(=O)[C@@H](CC(=O)Nc3ccc(I)cc3)SC2=Nc2cccc3ccccc23)cc1. The second-order valence-electron chi connectivity index (χ2n) is 8.85. The second kappa shape index (κ2) is 12.0. The largest absolute Gasteiger partial charge is 0.497 e. The molecule has 1 atom stereocenters. The fraction of sp³-hybridized carbons (Fsp3) is 0.167. The van der Waals surface area contributed by atoms with Gasteiger partial charge in [0.05, 0.1) is 12.8 Å². The Morgan fingerprint density at radius 2 is 1.74 bits per heavy atom. The first-order valence-electron chi connectivity index (χ1n) is 12.2. The van der Waals surface area contributed by atoms with Crippen LogP contribution < -0.4 is 10.1 Å². The van der Waals surface area contributed by atoms with Crippen LogP contribution in [0.25, 0.3) is 10.8 Å². The Labute approximate surface area is 239 Å². The van der Waals surface area contributed by atoms with Crippen molar-refractivity contribution in [1.29, 1.82) is 0 Å².